The van der Waals surface area contributed by atoms with Gasteiger partial charge in [0.05, 0.1) is 11.5 Å². The summed E-state index contributed by atoms with van der Waals surface area (Å²) in [4.78, 5) is 18.2. The summed E-state index contributed by atoms with van der Waals surface area (Å²) in [5, 5.41) is 6.86. The Morgan fingerprint density at radius 2 is 1.93 bits per heavy atom. The molecule has 6 nitrogen and oxygen atoms in total. The van der Waals surface area contributed by atoms with E-state index < -0.39 is 11.7 Å². The number of carbonyl (C=O) groups is 1. The molecule has 2 aromatic rings. The SMILES string of the molecule is O=C(NC1CCCCC1)N1CC(c2nc(-c3cccc(C(F)(F)F)c3)no2)C1. The van der Waals surface area contributed by atoms with Crippen molar-refractivity contribution < 1.29 is 22.5 Å². The fourth-order valence-electron chi connectivity index (χ4n) is 3.67. The molecular formula is C19H21F3N4O2. The number of nitrogens with one attached hydrogen (secondary N) is 1. The third-order valence-corrected chi connectivity index (χ3v) is 5.34. The van der Waals surface area contributed by atoms with Crippen LogP contribution in [-0.4, -0.2) is 40.2 Å². The number of benzene rings is 1. The first-order valence-corrected chi connectivity index (χ1v) is 9.47. The van der Waals surface area contributed by atoms with Gasteiger partial charge < -0.3 is 14.7 Å². The van der Waals surface area contributed by atoms with Crippen LogP contribution in [0.15, 0.2) is 28.8 Å². The van der Waals surface area contributed by atoms with Crippen molar-refractivity contribution in [2.75, 3.05) is 13.1 Å². The Hall–Kier alpha value is -2.58. The first-order chi connectivity index (χ1) is 13.4. The molecule has 150 valence electrons. The van der Waals surface area contributed by atoms with E-state index in [1.165, 1.54) is 18.6 Å². The summed E-state index contributed by atoms with van der Waals surface area (Å²) in [7, 11) is 0. The normalized spacial score (nSPS) is 18.8. The fourth-order valence-corrected chi connectivity index (χ4v) is 3.67. The number of likely N-dealkylation sites (tertiary alicyclic amines) is 1. The van der Waals surface area contributed by atoms with Crippen molar-refractivity contribution in [1.82, 2.24) is 20.4 Å². The number of halogens is 3. The van der Waals surface area contributed by atoms with Crippen LogP contribution in [0.3, 0.4) is 0 Å². The number of carbonyl (C=O) groups excluding carboxylic acids is 1. The number of rotatable bonds is 3. The van der Waals surface area contributed by atoms with Crippen LogP contribution in [0.4, 0.5) is 18.0 Å². The summed E-state index contributed by atoms with van der Waals surface area (Å²) in [5.74, 6) is 0.365. The van der Waals surface area contributed by atoms with E-state index in [2.05, 4.69) is 15.5 Å². The number of amides is 2. The first kappa shape index (κ1) is 18.8. The number of nitrogens with zero attached hydrogens (tertiary/aromatic N) is 3. The predicted octanol–water partition coefficient (Wildman–Crippen LogP) is 4.20. The Morgan fingerprint density at radius 3 is 2.64 bits per heavy atom. The van der Waals surface area contributed by atoms with Crippen molar-refractivity contribution in [1.29, 1.82) is 0 Å². The lowest BCUT2D eigenvalue weighted by Gasteiger charge is -2.38. The van der Waals surface area contributed by atoms with Gasteiger partial charge in [0.2, 0.25) is 11.7 Å². The van der Waals surface area contributed by atoms with Crippen molar-refractivity contribution in [2.24, 2.45) is 0 Å². The molecule has 0 atom stereocenters. The van der Waals surface area contributed by atoms with Gasteiger partial charge in [0.1, 0.15) is 0 Å². The summed E-state index contributed by atoms with van der Waals surface area (Å²) in [5.41, 5.74) is -0.512. The van der Waals surface area contributed by atoms with Gasteiger partial charge in [0.25, 0.3) is 0 Å². The van der Waals surface area contributed by atoms with E-state index in [0.717, 1.165) is 37.8 Å². The lowest BCUT2D eigenvalue weighted by atomic mass is 9.95. The van der Waals surface area contributed by atoms with Gasteiger partial charge in [-0.05, 0) is 25.0 Å². The zero-order valence-corrected chi connectivity index (χ0v) is 15.2. The Bertz CT molecular complexity index is 840. The van der Waals surface area contributed by atoms with Gasteiger partial charge in [-0.25, -0.2) is 4.79 Å². The zero-order valence-electron chi connectivity index (χ0n) is 15.2. The number of hydrogen-bond acceptors (Lipinski definition) is 4. The highest BCUT2D eigenvalue weighted by Crippen LogP contribution is 2.32. The minimum atomic E-state index is -4.43. The first-order valence-electron chi connectivity index (χ1n) is 9.47. The maximum Gasteiger partial charge on any atom is 0.416 e. The van der Waals surface area contributed by atoms with Gasteiger partial charge in [0.15, 0.2) is 0 Å². The topological polar surface area (TPSA) is 71.3 Å². The summed E-state index contributed by atoms with van der Waals surface area (Å²) in [6.45, 7) is 0.922. The quantitative estimate of drug-likeness (QED) is 0.847. The molecule has 4 rings (SSSR count). The molecule has 1 aromatic carbocycles. The molecule has 0 unspecified atom stereocenters. The van der Waals surface area contributed by atoms with Crippen LogP contribution in [0, 0.1) is 0 Å². The van der Waals surface area contributed by atoms with E-state index in [0.29, 0.717) is 19.0 Å². The van der Waals surface area contributed by atoms with Crippen LogP contribution in [0.25, 0.3) is 11.4 Å². The highest BCUT2D eigenvalue weighted by Gasteiger charge is 2.36. The molecule has 2 fully saturated rings. The third kappa shape index (κ3) is 3.98. The average molecular weight is 394 g/mol. The molecule has 1 saturated carbocycles. The molecule has 0 radical (unpaired) electrons. The standard InChI is InChI=1S/C19H21F3N4O2/c20-19(21,22)14-6-4-5-12(9-14)16-24-17(28-25-16)13-10-26(11-13)18(27)23-15-7-2-1-3-8-15/h4-6,9,13,15H,1-3,7-8,10-11H2,(H,23,27). The van der Waals surface area contributed by atoms with Crippen molar-refractivity contribution in [3.05, 3.63) is 35.7 Å². The monoisotopic (exact) mass is 394 g/mol. The van der Waals surface area contributed by atoms with Crippen molar-refractivity contribution in [3.8, 4) is 11.4 Å². The molecule has 0 bridgehead atoms. The summed E-state index contributed by atoms with van der Waals surface area (Å²) < 4.78 is 43.8. The highest BCUT2D eigenvalue weighted by molar-refractivity contribution is 5.75. The summed E-state index contributed by atoms with van der Waals surface area (Å²) in [6, 6.07) is 4.99. The maximum atomic E-state index is 12.9. The van der Waals surface area contributed by atoms with Gasteiger partial charge in [0, 0.05) is 24.7 Å². The van der Waals surface area contributed by atoms with Gasteiger partial charge >= 0.3 is 12.2 Å². The predicted molar refractivity (Wildman–Crippen MR) is 94.5 cm³/mol. The molecule has 9 heteroatoms. The lowest BCUT2D eigenvalue weighted by Crippen LogP contribution is -2.54. The summed E-state index contributed by atoms with van der Waals surface area (Å²) >= 11 is 0. The molecule has 2 heterocycles. The fraction of sp³-hybridized carbons (Fsp3) is 0.526. The van der Waals surface area contributed by atoms with Crippen LogP contribution in [0.2, 0.25) is 0 Å². The minimum absolute atomic E-state index is 0.0826. The number of urea groups is 1. The second kappa shape index (κ2) is 7.44. The molecule has 0 spiro atoms. The van der Waals surface area contributed by atoms with Gasteiger partial charge in [-0.2, -0.15) is 18.2 Å². The summed E-state index contributed by atoms with van der Waals surface area (Å²) in [6.07, 6.45) is 1.13. The lowest BCUT2D eigenvalue weighted by molar-refractivity contribution is -0.137. The van der Waals surface area contributed by atoms with Gasteiger partial charge in [-0.15, -0.1) is 0 Å². The minimum Gasteiger partial charge on any atom is -0.339 e. The van der Waals surface area contributed by atoms with Crippen LogP contribution in [0.1, 0.15) is 49.5 Å². The molecule has 1 aliphatic carbocycles. The molecule has 1 aromatic heterocycles. The molecule has 28 heavy (non-hydrogen) atoms. The molecular weight excluding hydrogens is 373 g/mol. The van der Waals surface area contributed by atoms with Crippen LogP contribution >= 0.6 is 0 Å². The van der Waals surface area contributed by atoms with Crippen molar-refractivity contribution in [2.45, 2.75) is 50.2 Å². The Kier molecular flexibility index (Phi) is 4.99. The van der Waals surface area contributed by atoms with Gasteiger partial charge in [-0.1, -0.05) is 36.6 Å². The van der Waals surface area contributed by atoms with E-state index in [4.69, 9.17) is 4.52 Å². The molecule has 1 N–H and O–H groups in total. The third-order valence-electron chi connectivity index (χ3n) is 5.34. The van der Waals surface area contributed by atoms with Gasteiger partial charge in [-0.3, -0.25) is 0 Å². The maximum absolute atomic E-state index is 12.9. The largest absolute Gasteiger partial charge is 0.416 e. The zero-order chi connectivity index (χ0) is 19.7. The molecule has 2 amide bonds. The van der Waals surface area contributed by atoms with E-state index >= 15 is 0 Å². The second-order valence-corrected chi connectivity index (χ2v) is 7.42. The van der Waals surface area contributed by atoms with Crippen LogP contribution < -0.4 is 5.32 Å². The Morgan fingerprint density at radius 1 is 1.18 bits per heavy atom. The number of aromatic nitrogens is 2. The molecule has 1 aliphatic heterocycles. The van der Waals surface area contributed by atoms with E-state index in [9.17, 15) is 18.0 Å². The Labute approximate surface area is 160 Å². The highest BCUT2D eigenvalue weighted by atomic mass is 19.4. The average Bonchev–Trinajstić information content (AvgIpc) is 3.10. The van der Waals surface area contributed by atoms with Crippen LogP contribution in [0.5, 0.6) is 0 Å². The van der Waals surface area contributed by atoms with E-state index in [-0.39, 0.29) is 29.4 Å². The number of hydrogen-bond donors (Lipinski definition) is 1. The van der Waals surface area contributed by atoms with Crippen molar-refractivity contribution >= 4 is 6.03 Å². The van der Waals surface area contributed by atoms with Crippen molar-refractivity contribution in [3.63, 3.8) is 0 Å². The molecule has 2 aliphatic rings. The van der Waals surface area contributed by atoms with E-state index in [1.54, 1.807) is 4.90 Å². The number of alkyl halides is 3. The smallest absolute Gasteiger partial charge is 0.339 e. The van der Waals surface area contributed by atoms with Crippen LogP contribution in [-0.2, 0) is 6.18 Å². The molecule has 1 saturated heterocycles. The Balaban J connectivity index is 1.35. The second-order valence-electron chi connectivity index (χ2n) is 7.42. The van der Waals surface area contributed by atoms with E-state index in [1.807, 2.05) is 0 Å².